The third-order valence-electron chi connectivity index (χ3n) is 2.91. The molecular weight excluding hydrogens is 262 g/mol. The summed E-state index contributed by atoms with van der Waals surface area (Å²) >= 11 is 0. The van der Waals surface area contributed by atoms with Crippen molar-refractivity contribution in [1.29, 1.82) is 0 Å². The second-order valence-electron chi connectivity index (χ2n) is 4.54. The van der Waals surface area contributed by atoms with Gasteiger partial charge < -0.3 is 15.2 Å². The molecule has 0 bridgehead atoms. The number of rotatable bonds is 4. The number of nitrogen functional groups attached to an aromatic ring is 1. The Morgan fingerprint density at radius 3 is 1.81 bits per heavy atom. The molecule has 0 unspecified atom stereocenters. The lowest BCUT2D eigenvalue weighted by molar-refractivity contribution is 0.419. The van der Waals surface area contributed by atoms with E-state index in [9.17, 15) is 0 Å². The molecule has 3 aromatic carbocycles. The zero-order chi connectivity index (χ0) is 14.5. The van der Waals surface area contributed by atoms with Gasteiger partial charge in [0.1, 0.15) is 11.5 Å². The number of anilines is 1. The molecule has 0 amide bonds. The summed E-state index contributed by atoms with van der Waals surface area (Å²) in [5.41, 5.74) is 6.42. The van der Waals surface area contributed by atoms with E-state index in [0.29, 0.717) is 22.9 Å². The highest BCUT2D eigenvalue weighted by Gasteiger charge is 2.06. The van der Waals surface area contributed by atoms with Gasteiger partial charge in [0.25, 0.3) is 0 Å². The molecule has 0 fully saturated rings. The number of hydrogen-bond donors (Lipinski definition) is 1. The lowest BCUT2D eigenvalue weighted by atomic mass is 10.3. The molecule has 3 nitrogen and oxygen atoms in total. The van der Waals surface area contributed by atoms with Gasteiger partial charge in [-0.1, -0.05) is 36.4 Å². The molecule has 0 spiro atoms. The van der Waals surface area contributed by atoms with Crippen LogP contribution in [0.5, 0.6) is 23.0 Å². The normalized spacial score (nSPS) is 10.1. The third-order valence-corrected chi connectivity index (χ3v) is 2.91. The number of benzene rings is 3. The lowest BCUT2D eigenvalue weighted by Crippen LogP contribution is -1.91. The minimum Gasteiger partial charge on any atom is -0.453 e. The van der Waals surface area contributed by atoms with Gasteiger partial charge in [0.2, 0.25) is 0 Å². The summed E-state index contributed by atoms with van der Waals surface area (Å²) in [5, 5.41) is 0. The summed E-state index contributed by atoms with van der Waals surface area (Å²) in [7, 11) is 0. The van der Waals surface area contributed by atoms with Crippen molar-refractivity contribution >= 4 is 5.69 Å². The zero-order valence-corrected chi connectivity index (χ0v) is 11.4. The SMILES string of the molecule is Nc1cccc(Oc2ccccc2Oc2ccccc2)c1. The molecular formula is C18H15NO2. The largest absolute Gasteiger partial charge is 0.453 e. The van der Waals surface area contributed by atoms with Gasteiger partial charge in [-0.2, -0.15) is 0 Å². The van der Waals surface area contributed by atoms with E-state index in [1.807, 2.05) is 72.8 Å². The molecule has 0 aliphatic rings. The molecule has 21 heavy (non-hydrogen) atoms. The number of nitrogens with two attached hydrogens (primary N) is 1. The van der Waals surface area contributed by atoms with E-state index in [4.69, 9.17) is 15.2 Å². The van der Waals surface area contributed by atoms with Crippen LogP contribution in [0.3, 0.4) is 0 Å². The molecule has 0 aliphatic carbocycles. The second kappa shape index (κ2) is 6.01. The molecule has 2 N–H and O–H groups in total. The maximum atomic E-state index is 5.86. The number of hydrogen-bond acceptors (Lipinski definition) is 3. The maximum Gasteiger partial charge on any atom is 0.169 e. The van der Waals surface area contributed by atoms with Crippen LogP contribution in [-0.2, 0) is 0 Å². The molecule has 3 rings (SSSR count). The maximum absolute atomic E-state index is 5.86. The van der Waals surface area contributed by atoms with E-state index in [0.717, 1.165) is 5.75 Å². The van der Waals surface area contributed by atoms with Crippen molar-refractivity contribution in [1.82, 2.24) is 0 Å². The molecule has 0 radical (unpaired) electrons. The van der Waals surface area contributed by atoms with Gasteiger partial charge in [-0.25, -0.2) is 0 Å². The van der Waals surface area contributed by atoms with Gasteiger partial charge in [-0.05, 0) is 36.4 Å². The number of para-hydroxylation sites is 3. The van der Waals surface area contributed by atoms with Gasteiger partial charge in [0.05, 0.1) is 0 Å². The van der Waals surface area contributed by atoms with Crippen molar-refractivity contribution in [2.75, 3.05) is 5.73 Å². The van der Waals surface area contributed by atoms with E-state index in [1.165, 1.54) is 0 Å². The van der Waals surface area contributed by atoms with E-state index in [2.05, 4.69) is 0 Å². The Hall–Kier alpha value is -2.94. The molecule has 104 valence electrons. The molecule has 3 aromatic rings. The lowest BCUT2D eigenvalue weighted by Gasteiger charge is -2.12. The summed E-state index contributed by atoms with van der Waals surface area (Å²) < 4.78 is 11.7. The Kier molecular flexibility index (Phi) is 3.74. The van der Waals surface area contributed by atoms with Crippen LogP contribution in [0.1, 0.15) is 0 Å². The van der Waals surface area contributed by atoms with Crippen LogP contribution in [0.25, 0.3) is 0 Å². The van der Waals surface area contributed by atoms with E-state index in [-0.39, 0.29) is 0 Å². The van der Waals surface area contributed by atoms with E-state index < -0.39 is 0 Å². The fourth-order valence-corrected chi connectivity index (χ4v) is 1.94. The van der Waals surface area contributed by atoms with Gasteiger partial charge in [0, 0.05) is 11.8 Å². The monoisotopic (exact) mass is 277 g/mol. The van der Waals surface area contributed by atoms with Crippen molar-refractivity contribution in [3.63, 3.8) is 0 Å². The van der Waals surface area contributed by atoms with Crippen molar-refractivity contribution in [3.8, 4) is 23.0 Å². The van der Waals surface area contributed by atoms with Gasteiger partial charge >= 0.3 is 0 Å². The highest BCUT2D eigenvalue weighted by molar-refractivity contribution is 5.48. The van der Waals surface area contributed by atoms with Gasteiger partial charge in [-0.15, -0.1) is 0 Å². The Morgan fingerprint density at radius 1 is 0.571 bits per heavy atom. The average Bonchev–Trinajstić information content (AvgIpc) is 2.50. The second-order valence-corrected chi connectivity index (χ2v) is 4.54. The Balaban J connectivity index is 1.86. The van der Waals surface area contributed by atoms with E-state index in [1.54, 1.807) is 6.07 Å². The Labute approximate surface area is 123 Å². The highest BCUT2D eigenvalue weighted by Crippen LogP contribution is 2.34. The molecule has 0 atom stereocenters. The van der Waals surface area contributed by atoms with Crippen molar-refractivity contribution in [2.24, 2.45) is 0 Å². The first-order chi connectivity index (χ1) is 10.3. The fraction of sp³-hybridized carbons (Fsp3) is 0. The van der Waals surface area contributed by atoms with Crippen molar-refractivity contribution in [2.45, 2.75) is 0 Å². The van der Waals surface area contributed by atoms with Crippen molar-refractivity contribution in [3.05, 3.63) is 78.9 Å². The van der Waals surface area contributed by atoms with Crippen LogP contribution >= 0.6 is 0 Å². The fourth-order valence-electron chi connectivity index (χ4n) is 1.94. The first-order valence-corrected chi connectivity index (χ1v) is 6.66. The van der Waals surface area contributed by atoms with Crippen LogP contribution < -0.4 is 15.2 Å². The van der Waals surface area contributed by atoms with Crippen molar-refractivity contribution < 1.29 is 9.47 Å². The van der Waals surface area contributed by atoms with Crippen LogP contribution in [0.15, 0.2) is 78.9 Å². The quantitative estimate of drug-likeness (QED) is 0.693. The first kappa shape index (κ1) is 13.1. The van der Waals surface area contributed by atoms with Crippen LogP contribution in [0.2, 0.25) is 0 Å². The minimum atomic E-state index is 0.645. The zero-order valence-electron chi connectivity index (χ0n) is 11.4. The molecule has 0 saturated carbocycles. The summed E-state index contributed by atoms with van der Waals surface area (Å²) in [6.07, 6.45) is 0. The first-order valence-electron chi connectivity index (χ1n) is 6.66. The Morgan fingerprint density at radius 2 is 1.14 bits per heavy atom. The molecule has 3 heteroatoms. The van der Waals surface area contributed by atoms with Crippen LogP contribution in [-0.4, -0.2) is 0 Å². The molecule has 0 aromatic heterocycles. The topological polar surface area (TPSA) is 44.5 Å². The number of ether oxygens (including phenoxy) is 2. The van der Waals surface area contributed by atoms with Crippen LogP contribution in [0.4, 0.5) is 5.69 Å². The molecule has 0 saturated heterocycles. The Bertz CT molecular complexity index is 726. The predicted octanol–water partition coefficient (Wildman–Crippen LogP) is 4.85. The third kappa shape index (κ3) is 3.34. The summed E-state index contributed by atoms with van der Waals surface area (Å²) in [5.74, 6) is 2.75. The highest BCUT2D eigenvalue weighted by atomic mass is 16.5. The van der Waals surface area contributed by atoms with Crippen LogP contribution in [0, 0.1) is 0 Å². The molecule has 0 heterocycles. The summed E-state index contributed by atoms with van der Waals surface area (Å²) in [4.78, 5) is 0. The summed E-state index contributed by atoms with van der Waals surface area (Å²) in [6, 6.07) is 24.4. The smallest absolute Gasteiger partial charge is 0.169 e. The van der Waals surface area contributed by atoms with E-state index >= 15 is 0 Å². The van der Waals surface area contributed by atoms with Gasteiger partial charge in [-0.3, -0.25) is 0 Å². The standard InChI is InChI=1S/C18H15NO2/c19-14-7-6-10-16(13-14)21-18-12-5-4-11-17(18)20-15-8-2-1-3-9-15/h1-13H,19H2. The average molecular weight is 277 g/mol. The predicted molar refractivity (Wildman–Crippen MR) is 83.9 cm³/mol. The van der Waals surface area contributed by atoms with Gasteiger partial charge in [0.15, 0.2) is 11.5 Å². The molecule has 0 aliphatic heterocycles. The summed E-state index contributed by atoms with van der Waals surface area (Å²) in [6.45, 7) is 0. The minimum absolute atomic E-state index is 0.645.